The number of thiazole rings is 1. The summed E-state index contributed by atoms with van der Waals surface area (Å²) in [5.41, 5.74) is 8.35. The van der Waals surface area contributed by atoms with Gasteiger partial charge in [-0.2, -0.15) is 0 Å². The van der Waals surface area contributed by atoms with E-state index in [1.54, 1.807) is 23.8 Å². The molecule has 4 heteroatoms. The predicted octanol–water partition coefficient (Wildman–Crippen LogP) is 0.394. The minimum Gasteiger partial charge on any atom is -0.392 e. The number of hydrogen-bond acceptors (Lipinski definition) is 4. The van der Waals surface area contributed by atoms with Crippen molar-refractivity contribution < 1.29 is 5.11 Å². The van der Waals surface area contributed by atoms with Crippen LogP contribution in [0.2, 0.25) is 0 Å². The first-order valence-corrected chi connectivity index (χ1v) is 4.45. The molecule has 11 heavy (non-hydrogen) atoms. The SMILES string of the molecule is CC(O)[C@@H](N)Cc1cscn1. The molecule has 3 N–H and O–H groups in total. The zero-order valence-corrected chi connectivity index (χ0v) is 7.21. The Balaban J connectivity index is 2.43. The molecule has 1 aromatic heterocycles. The van der Waals surface area contributed by atoms with Crippen molar-refractivity contribution in [2.24, 2.45) is 5.73 Å². The van der Waals surface area contributed by atoms with Crippen LogP contribution in [0, 0.1) is 0 Å². The molecular weight excluding hydrogens is 160 g/mol. The molecule has 0 aliphatic heterocycles. The Bertz CT molecular complexity index is 198. The molecular formula is C7H12N2OS. The molecule has 0 radical (unpaired) electrons. The molecule has 1 aromatic rings. The average Bonchev–Trinajstić information content (AvgIpc) is 2.39. The van der Waals surface area contributed by atoms with Gasteiger partial charge in [-0.1, -0.05) is 0 Å². The van der Waals surface area contributed by atoms with Crippen LogP contribution < -0.4 is 5.73 Å². The molecule has 0 amide bonds. The Kier molecular flexibility index (Phi) is 2.99. The molecule has 0 spiro atoms. The summed E-state index contributed by atoms with van der Waals surface area (Å²) < 4.78 is 0. The fourth-order valence-corrected chi connectivity index (χ4v) is 1.32. The fraction of sp³-hybridized carbons (Fsp3) is 0.571. The largest absolute Gasteiger partial charge is 0.392 e. The second-order valence-corrected chi connectivity index (χ2v) is 3.31. The molecule has 0 fully saturated rings. The van der Waals surface area contributed by atoms with Crippen LogP contribution in [-0.2, 0) is 6.42 Å². The summed E-state index contributed by atoms with van der Waals surface area (Å²) >= 11 is 1.54. The van der Waals surface area contributed by atoms with Crippen molar-refractivity contribution >= 4 is 11.3 Å². The lowest BCUT2D eigenvalue weighted by Crippen LogP contribution is -2.34. The van der Waals surface area contributed by atoms with Crippen molar-refractivity contribution in [3.63, 3.8) is 0 Å². The monoisotopic (exact) mass is 172 g/mol. The van der Waals surface area contributed by atoms with E-state index in [1.807, 2.05) is 5.38 Å². The molecule has 0 aliphatic rings. The van der Waals surface area contributed by atoms with Gasteiger partial charge in [-0.05, 0) is 6.92 Å². The van der Waals surface area contributed by atoms with Gasteiger partial charge in [0, 0.05) is 17.8 Å². The van der Waals surface area contributed by atoms with E-state index < -0.39 is 6.10 Å². The van der Waals surface area contributed by atoms with Crippen LogP contribution in [0.25, 0.3) is 0 Å². The lowest BCUT2D eigenvalue weighted by Gasteiger charge is -2.12. The fourth-order valence-electron chi connectivity index (χ4n) is 0.750. The van der Waals surface area contributed by atoms with Gasteiger partial charge in [-0.3, -0.25) is 0 Å². The quantitative estimate of drug-likeness (QED) is 0.693. The number of aromatic nitrogens is 1. The van der Waals surface area contributed by atoms with Crippen LogP contribution in [0.15, 0.2) is 10.9 Å². The zero-order valence-electron chi connectivity index (χ0n) is 6.40. The molecule has 3 nitrogen and oxygen atoms in total. The first kappa shape index (κ1) is 8.64. The van der Waals surface area contributed by atoms with Crippen LogP contribution in [-0.4, -0.2) is 22.2 Å². The summed E-state index contributed by atoms with van der Waals surface area (Å²) in [6, 6.07) is -0.197. The van der Waals surface area contributed by atoms with Crippen LogP contribution >= 0.6 is 11.3 Å². The summed E-state index contributed by atoms with van der Waals surface area (Å²) in [5.74, 6) is 0. The maximum atomic E-state index is 9.07. The van der Waals surface area contributed by atoms with E-state index in [1.165, 1.54) is 0 Å². The molecule has 1 unspecified atom stereocenters. The number of aliphatic hydroxyl groups excluding tert-OH is 1. The third-order valence-corrected chi connectivity index (χ3v) is 2.18. The second-order valence-electron chi connectivity index (χ2n) is 2.59. The summed E-state index contributed by atoms with van der Waals surface area (Å²) in [7, 11) is 0. The van der Waals surface area contributed by atoms with Crippen molar-refractivity contribution in [2.75, 3.05) is 0 Å². The third kappa shape index (κ3) is 2.57. The molecule has 0 aromatic carbocycles. The Hall–Kier alpha value is -0.450. The van der Waals surface area contributed by atoms with Gasteiger partial charge in [0.25, 0.3) is 0 Å². The van der Waals surface area contributed by atoms with E-state index in [4.69, 9.17) is 10.8 Å². The Morgan fingerprint density at radius 1 is 1.82 bits per heavy atom. The molecule has 1 heterocycles. The standard InChI is InChI=1S/C7H12N2OS/c1-5(10)7(8)2-6-3-11-4-9-6/h3-5,7,10H,2,8H2,1H3/t5?,7-/m0/s1. The van der Waals surface area contributed by atoms with Crippen LogP contribution in [0.5, 0.6) is 0 Å². The maximum Gasteiger partial charge on any atom is 0.0794 e. The van der Waals surface area contributed by atoms with Crippen molar-refractivity contribution in [1.82, 2.24) is 4.98 Å². The Morgan fingerprint density at radius 3 is 3.00 bits per heavy atom. The van der Waals surface area contributed by atoms with Crippen molar-refractivity contribution in [2.45, 2.75) is 25.5 Å². The van der Waals surface area contributed by atoms with E-state index in [-0.39, 0.29) is 6.04 Å². The van der Waals surface area contributed by atoms with E-state index in [2.05, 4.69) is 4.98 Å². The highest BCUT2D eigenvalue weighted by molar-refractivity contribution is 7.07. The third-order valence-electron chi connectivity index (χ3n) is 1.55. The molecule has 0 saturated carbocycles. The smallest absolute Gasteiger partial charge is 0.0794 e. The summed E-state index contributed by atoms with van der Waals surface area (Å²) in [6.45, 7) is 1.69. The van der Waals surface area contributed by atoms with Gasteiger partial charge >= 0.3 is 0 Å². The highest BCUT2D eigenvalue weighted by Gasteiger charge is 2.10. The molecule has 0 bridgehead atoms. The lowest BCUT2D eigenvalue weighted by molar-refractivity contribution is 0.163. The van der Waals surface area contributed by atoms with E-state index in [0.29, 0.717) is 6.42 Å². The predicted molar refractivity (Wildman–Crippen MR) is 45.5 cm³/mol. The van der Waals surface area contributed by atoms with Crippen LogP contribution in [0.4, 0.5) is 0 Å². The molecule has 0 saturated heterocycles. The number of nitrogens with two attached hydrogens (primary N) is 1. The normalized spacial score (nSPS) is 16.3. The Labute approximate surface area is 69.9 Å². The van der Waals surface area contributed by atoms with Crippen LogP contribution in [0.3, 0.4) is 0 Å². The van der Waals surface area contributed by atoms with Gasteiger partial charge in [0.2, 0.25) is 0 Å². The van der Waals surface area contributed by atoms with Gasteiger partial charge < -0.3 is 10.8 Å². The number of hydrogen-bond donors (Lipinski definition) is 2. The summed E-state index contributed by atoms with van der Waals surface area (Å²) in [5, 5.41) is 11.0. The summed E-state index contributed by atoms with van der Waals surface area (Å²) in [6.07, 6.45) is 0.193. The first-order valence-electron chi connectivity index (χ1n) is 3.51. The van der Waals surface area contributed by atoms with E-state index in [9.17, 15) is 0 Å². The minimum atomic E-state index is -0.461. The Morgan fingerprint density at radius 2 is 2.55 bits per heavy atom. The lowest BCUT2D eigenvalue weighted by atomic mass is 10.1. The van der Waals surface area contributed by atoms with Gasteiger partial charge in [0.05, 0.1) is 17.3 Å². The highest BCUT2D eigenvalue weighted by Crippen LogP contribution is 2.04. The van der Waals surface area contributed by atoms with Crippen molar-refractivity contribution in [3.8, 4) is 0 Å². The number of rotatable bonds is 3. The number of aliphatic hydroxyl groups is 1. The topological polar surface area (TPSA) is 59.1 Å². The van der Waals surface area contributed by atoms with Crippen molar-refractivity contribution in [1.29, 1.82) is 0 Å². The van der Waals surface area contributed by atoms with Gasteiger partial charge in [0.1, 0.15) is 0 Å². The minimum absolute atomic E-state index is 0.197. The zero-order chi connectivity index (χ0) is 8.27. The van der Waals surface area contributed by atoms with Gasteiger partial charge in [-0.15, -0.1) is 11.3 Å². The van der Waals surface area contributed by atoms with Gasteiger partial charge in [-0.25, -0.2) is 4.98 Å². The average molecular weight is 172 g/mol. The molecule has 62 valence electrons. The van der Waals surface area contributed by atoms with Gasteiger partial charge in [0.15, 0.2) is 0 Å². The molecule has 0 aliphatic carbocycles. The highest BCUT2D eigenvalue weighted by atomic mass is 32.1. The van der Waals surface area contributed by atoms with Crippen molar-refractivity contribution in [3.05, 3.63) is 16.6 Å². The van der Waals surface area contributed by atoms with E-state index >= 15 is 0 Å². The molecule has 2 atom stereocenters. The van der Waals surface area contributed by atoms with Crippen LogP contribution in [0.1, 0.15) is 12.6 Å². The second kappa shape index (κ2) is 3.80. The molecule has 1 rings (SSSR count). The maximum absolute atomic E-state index is 9.07. The summed E-state index contributed by atoms with van der Waals surface area (Å²) in [4.78, 5) is 4.07. The van der Waals surface area contributed by atoms with E-state index in [0.717, 1.165) is 5.69 Å². The number of nitrogens with zero attached hydrogens (tertiary/aromatic N) is 1. The first-order chi connectivity index (χ1) is 5.20.